The standard InChI is InChI=1S/C34H37ClN2O5/c1-22-27(28-20-26(41-5)15-16-30(28)37(22)32(39)24-11-13-25(35)14-12-24)21-31(38)36-29(19-23-9-7-6-8-10-23)33(40)42-18-17-34(2,3)4/h6-16,20,29H,17-19,21H2,1-5H3,(H,36,38). The second-order valence-corrected chi connectivity index (χ2v) is 12.0. The van der Waals surface area contributed by atoms with Crippen molar-refractivity contribution < 1.29 is 23.9 Å². The molecule has 0 aliphatic heterocycles. The number of methoxy groups -OCH3 is 1. The van der Waals surface area contributed by atoms with Crippen LogP contribution in [-0.4, -0.2) is 42.1 Å². The maximum atomic E-state index is 13.6. The summed E-state index contributed by atoms with van der Waals surface area (Å²) in [5.74, 6) is -0.470. The van der Waals surface area contributed by atoms with Gasteiger partial charge >= 0.3 is 5.97 Å². The number of hydrogen-bond acceptors (Lipinski definition) is 5. The van der Waals surface area contributed by atoms with E-state index in [0.717, 1.165) is 10.9 Å². The predicted octanol–water partition coefficient (Wildman–Crippen LogP) is 6.55. The van der Waals surface area contributed by atoms with E-state index in [1.165, 1.54) is 0 Å². The molecule has 0 aliphatic rings. The second kappa shape index (κ2) is 13.3. The Morgan fingerprint density at radius 1 is 0.976 bits per heavy atom. The van der Waals surface area contributed by atoms with Crippen molar-refractivity contribution in [2.45, 2.75) is 53.0 Å². The molecule has 8 heteroatoms. The largest absolute Gasteiger partial charge is 0.497 e. The first-order valence-electron chi connectivity index (χ1n) is 13.9. The van der Waals surface area contributed by atoms with Gasteiger partial charge in [0.15, 0.2) is 0 Å². The van der Waals surface area contributed by atoms with E-state index in [9.17, 15) is 14.4 Å². The summed E-state index contributed by atoms with van der Waals surface area (Å²) in [5.41, 5.74) is 3.32. The monoisotopic (exact) mass is 588 g/mol. The Kier molecular flexibility index (Phi) is 9.74. The molecule has 1 aromatic heterocycles. The van der Waals surface area contributed by atoms with Crippen LogP contribution in [0.5, 0.6) is 5.75 Å². The summed E-state index contributed by atoms with van der Waals surface area (Å²) in [7, 11) is 1.57. The Hall–Kier alpha value is -4.10. The molecule has 42 heavy (non-hydrogen) atoms. The highest BCUT2D eigenvalue weighted by atomic mass is 35.5. The van der Waals surface area contributed by atoms with Crippen molar-refractivity contribution in [3.63, 3.8) is 0 Å². The van der Waals surface area contributed by atoms with E-state index >= 15 is 0 Å². The number of carbonyl (C=O) groups excluding carboxylic acids is 3. The Morgan fingerprint density at radius 3 is 2.31 bits per heavy atom. The number of halogens is 1. The van der Waals surface area contributed by atoms with E-state index in [0.29, 0.717) is 46.0 Å². The predicted molar refractivity (Wildman–Crippen MR) is 165 cm³/mol. The zero-order chi connectivity index (χ0) is 30.4. The van der Waals surface area contributed by atoms with Gasteiger partial charge in [0.25, 0.3) is 5.91 Å². The number of rotatable bonds is 10. The lowest BCUT2D eigenvalue weighted by Crippen LogP contribution is -2.44. The maximum absolute atomic E-state index is 13.6. The zero-order valence-electron chi connectivity index (χ0n) is 24.7. The lowest BCUT2D eigenvalue weighted by Gasteiger charge is -2.21. The number of aromatic nitrogens is 1. The average Bonchev–Trinajstić information content (AvgIpc) is 3.22. The first kappa shape index (κ1) is 30.8. The van der Waals surface area contributed by atoms with Crippen LogP contribution in [0.3, 0.4) is 0 Å². The van der Waals surface area contributed by atoms with Crippen LogP contribution in [0.2, 0.25) is 5.02 Å². The Bertz CT molecular complexity index is 1570. The minimum absolute atomic E-state index is 0.00863. The molecule has 1 unspecified atom stereocenters. The molecule has 1 atom stereocenters. The maximum Gasteiger partial charge on any atom is 0.328 e. The number of hydrogen-bond donors (Lipinski definition) is 1. The van der Waals surface area contributed by atoms with Crippen LogP contribution < -0.4 is 10.1 Å². The van der Waals surface area contributed by atoms with Crippen molar-refractivity contribution >= 4 is 40.3 Å². The van der Waals surface area contributed by atoms with Crippen molar-refractivity contribution in [2.75, 3.05) is 13.7 Å². The molecule has 3 aromatic carbocycles. The Labute approximate surface area is 251 Å². The minimum atomic E-state index is -0.862. The number of fused-ring (bicyclic) bond motifs is 1. The molecule has 0 saturated carbocycles. The molecule has 7 nitrogen and oxygen atoms in total. The van der Waals surface area contributed by atoms with Crippen molar-refractivity contribution in [3.05, 3.63) is 100 Å². The quantitative estimate of drug-likeness (QED) is 0.212. The van der Waals surface area contributed by atoms with Gasteiger partial charge in [-0.1, -0.05) is 62.7 Å². The molecular formula is C34H37ClN2O5. The Balaban J connectivity index is 1.63. The summed E-state index contributed by atoms with van der Waals surface area (Å²) in [6.07, 6.45) is 0.953. The molecule has 0 fully saturated rings. The van der Waals surface area contributed by atoms with Crippen LogP contribution in [-0.2, 0) is 27.2 Å². The van der Waals surface area contributed by atoms with Crippen LogP contribution >= 0.6 is 11.6 Å². The van der Waals surface area contributed by atoms with Crippen molar-refractivity contribution in [2.24, 2.45) is 5.41 Å². The van der Waals surface area contributed by atoms with Crippen molar-refractivity contribution in [1.82, 2.24) is 9.88 Å². The third kappa shape index (κ3) is 7.59. The molecule has 0 aliphatic carbocycles. The highest BCUT2D eigenvalue weighted by Gasteiger charge is 2.26. The average molecular weight is 589 g/mol. The van der Waals surface area contributed by atoms with E-state index in [4.69, 9.17) is 21.1 Å². The summed E-state index contributed by atoms with van der Waals surface area (Å²) in [6.45, 7) is 8.31. The van der Waals surface area contributed by atoms with Gasteiger partial charge < -0.3 is 14.8 Å². The summed E-state index contributed by atoms with van der Waals surface area (Å²) in [4.78, 5) is 40.3. The molecule has 1 amide bonds. The van der Waals surface area contributed by atoms with E-state index in [1.807, 2.05) is 43.3 Å². The number of benzene rings is 3. The number of esters is 1. The number of nitrogens with one attached hydrogen (secondary N) is 1. The van der Waals surface area contributed by atoms with Gasteiger partial charge in [-0.3, -0.25) is 14.2 Å². The fraction of sp³-hybridized carbons (Fsp3) is 0.324. The van der Waals surface area contributed by atoms with Crippen molar-refractivity contribution in [3.8, 4) is 5.75 Å². The summed E-state index contributed by atoms with van der Waals surface area (Å²) < 4.78 is 12.6. The summed E-state index contributed by atoms with van der Waals surface area (Å²) in [5, 5.41) is 4.16. The molecule has 220 valence electrons. The topological polar surface area (TPSA) is 86.6 Å². The highest BCUT2D eigenvalue weighted by Crippen LogP contribution is 2.31. The van der Waals surface area contributed by atoms with Gasteiger partial charge in [-0.25, -0.2) is 4.79 Å². The van der Waals surface area contributed by atoms with Crippen LogP contribution in [0.25, 0.3) is 10.9 Å². The van der Waals surface area contributed by atoms with E-state index in [-0.39, 0.29) is 30.3 Å². The molecular weight excluding hydrogens is 552 g/mol. The van der Waals surface area contributed by atoms with E-state index in [2.05, 4.69) is 26.1 Å². The third-order valence-electron chi connectivity index (χ3n) is 7.17. The van der Waals surface area contributed by atoms with Gasteiger partial charge in [-0.15, -0.1) is 0 Å². The fourth-order valence-electron chi connectivity index (χ4n) is 4.80. The first-order chi connectivity index (χ1) is 20.0. The lowest BCUT2D eigenvalue weighted by atomic mass is 9.93. The first-order valence-corrected chi connectivity index (χ1v) is 14.3. The molecule has 4 rings (SSSR count). The van der Waals surface area contributed by atoms with Crippen molar-refractivity contribution in [1.29, 1.82) is 0 Å². The van der Waals surface area contributed by atoms with Gasteiger partial charge in [0.2, 0.25) is 5.91 Å². The molecule has 0 bridgehead atoms. The number of carbonyl (C=O) groups is 3. The molecule has 0 saturated heterocycles. The second-order valence-electron chi connectivity index (χ2n) is 11.6. The fourth-order valence-corrected chi connectivity index (χ4v) is 4.93. The van der Waals surface area contributed by atoms with Crippen LogP contribution in [0.1, 0.15) is 54.4 Å². The summed E-state index contributed by atoms with van der Waals surface area (Å²) >= 11 is 6.04. The normalized spacial score (nSPS) is 12.1. The minimum Gasteiger partial charge on any atom is -0.497 e. The number of amides is 1. The molecule has 4 aromatic rings. The van der Waals surface area contributed by atoms with Gasteiger partial charge in [0.05, 0.1) is 25.7 Å². The van der Waals surface area contributed by atoms with Crippen LogP contribution in [0.15, 0.2) is 72.8 Å². The summed E-state index contributed by atoms with van der Waals surface area (Å²) in [6, 6.07) is 20.7. The molecule has 1 heterocycles. The molecule has 0 spiro atoms. The zero-order valence-corrected chi connectivity index (χ0v) is 25.5. The number of nitrogens with zero attached hydrogens (tertiary/aromatic N) is 1. The van der Waals surface area contributed by atoms with Crippen LogP contribution in [0.4, 0.5) is 0 Å². The van der Waals surface area contributed by atoms with Crippen LogP contribution in [0, 0.1) is 12.3 Å². The molecule has 1 N–H and O–H groups in total. The highest BCUT2D eigenvalue weighted by molar-refractivity contribution is 6.30. The van der Waals surface area contributed by atoms with E-state index < -0.39 is 12.0 Å². The van der Waals surface area contributed by atoms with Gasteiger partial charge in [0.1, 0.15) is 11.8 Å². The van der Waals surface area contributed by atoms with Gasteiger partial charge in [-0.05, 0) is 72.4 Å². The van der Waals surface area contributed by atoms with Gasteiger partial charge in [0, 0.05) is 28.1 Å². The SMILES string of the molecule is COc1ccc2c(c1)c(CC(=O)NC(Cc1ccccc1)C(=O)OCCC(C)(C)C)c(C)n2C(=O)c1ccc(Cl)cc1. The lowest BCUT2D eigenvalue weighted by molar-refractivity contribution is -0.148. The third-order valence-corrected chi connectivity index (χ3v) is 7.42. The Morgan fingerprint density at radius 2 is 1.67 bits per heavy atom. The molecule has 0 radical (unpaired) electrons. The van der Waals surface area contributed by atoms with E-state index in [1.54, 1.807) is 48.1 Å². The van der Waals surface area contributed by atoms with Gasteiger partial charge in [-0.2, -0.15) is 0 Å². The number of ether oxygens (including phenoxy) is 2. The smallest absolute Gasteiger partial charge is 0.328 e.